The second-order valence-corrected chi connectivity index (χ2v) is 5.61. The van der Waals surface area contributed by atoms with E-state index in [0.717, 1.165) is 10.0 Å². The zero-order chi connectivity index (χ0) is 13.3. The van der Waals surface area contributed by atoms with Crippen molar-refractivity contribution in [3.63, 3.8) is 0 Å². The van der Waals surface area contributed by atoms with Gasteiger partial charge in [0.15, 0.2) is 0 Å². The van der Waals surface area contributed by atoms with Crippen LogP contribution in [0.5, 0.6) is 0 Å². The molecule has 0 unspecified atom stereocenters. The first-order chi connectivity index (χ1) is 8.49. The summed E-state index contributed by atoms with van der Waals surface area (Å²) in [6.45, 7) is 0.238. The maximum absolute atomic E-state index is 11.8. The number of hydrogen-bond acceptors (Lipinski definition) is 2. The standard InChI is InChI=1S/C11H6BrCl3N2O/c12-7-2-1-6(8(13)3-7)5-17-11(18)10(15)9(14)4-16-17/h1-4H,5H2. The molecule has 18 heavy (non-hydrogen) atoms. The van der Waals surface area contributed by atoms with Crippen molar-refractivity contribution >= 4 is 50.7 Å². The van der Waals surface area contributed by atoms with Gasteiger partial charge in [-0.3, -0.25) is 4.79 Å². The van der Waals surface area contributed by atoms with E-state index < -0.39 is 5.56 Å². The van der Waals surface area contributed by atoms with E-state index in [1.807, 2.05) is 12.1 Å². The molecule has 0 radical (unpaired) electrons. The van der Waals surface area contributed by atoms with Crippen molar-refractivity contribution in [2.24, 2.45) is 0 Å². The highest BCUT2D eigenvalue weighted by molar-refractivity contribution is 9.10. The number of rotatable bonds is 2. The SMILES string of the molecule is O=c1c(Cl)c(Cl)cnn1Cc1ccc(Br)cc1Cl. The lowest BCUT2D eigenvalue weighted by Crippen LogP contribution is -2.23. The summed E-state index contributed by atoms with van der Waals surface area (Å²) in [5.74, 6) is 0. The first kappa shape index (κ1) is 13.9. The molecule has 0 atom stereocenters. The highest BCUT2D eigenvalue weighted by atomic mass is 79.9. The summed E-state index contributed by atoms with van der Waals surface area (Å²) < 4.78 is 2.08. The molecule has 0 aliphatic rings. The van der Waals surface area contributed by atoms with E-state index in [-0.39, 0.29) is 16.6 Å². The Balaban J connectivity index is 2.41. The third-order valence-electron chi connectivity index (χ3n) is 2.28. The monoisotopic (exact) mass is 366 g/mol. The fourth-order valence-corrected chi connectivity index (χ4v) is 2.37. The highest BCUT2D eigenvalue weighted by Crippen LogP contribution is 2.22. The van der Waals surface area contributed by atoms with Gasteiger partial charge in [-0.1, -0.05) is 56.8 Å². The van der Waals surface area contributed by atoms with Crippen molar-refractivity contribution in [1.82, 2.24) is 9.78 Å². The lowest BCUT2D eigenvalue weighted by molar-refractivity contribution is 0.639. The molecular formula is C11H6BrCl3N2O. The van der Waals surface area contributed by atoms with Gasteiger partial charge in [-0.15, -0.1) is 0 Å². The molecule has 0 fully saturated rings. The molecule has 94 valence electrons. The van der Waals surface area contributed by atoms with E-state index in [9.17, 15) is 4.79 Å². The Labute approximate surface area is 126 Å². The summed E-state index contributed by atoms with van der Waals surface area (Å²) in [6.07, 6.45) is 1.33. The van der Waals surface area contributed by atoms with Gasteiger partial charge in [0.1, 0.15) is 5.02 Å². The fourth-order valence-electron chi connectivity index (χ4n) is 1.37. The van der Waals surface area contributed by atoms with Gasteiger partial charge in [-0.05, 0) is 17.7 Å². The van der Waals surface area contributed by atoms with E-state index in [4.69, 9.17) is 34.8 Å². The molecule has 7 heteroatoms. The van der Waals surface area contributed by atoms with E-state index in [0.29, 0.717) is 5.02 Å². The minimum absolute atomic E-state index is 0.0418. The normalized spacial score (nSPS) is 10.7. The molecule has 1 aromatic carbocycles. The Bertz CT molecular complexity index is 657. The maximum atomic E-state index is 11.8. The molecule has 2 rings (SSSR count). The summed E-state index contributed by atoms with van der Waals surface area (Å²) in [6, 6.07) is 5.40. The van der Waals surface area contributed by atoms with Crippen molar-refractivity contribution in [3.8, 4) is 0 Å². The number of hydrogen-bond donors (Lipinski definition) is 0. The van der Waals surface area contributed by atoms with Crippen molar-refractivity contribution in [2.45, 2.75) is 6.54 Å². The van der Waals surface area contributed by atoms with Gasteiger partial charge in [0, 0.05) is 9.50 Å². The van der Waals surface area contributed by atoms with Crippen LogP contribution in [0.1, 0.15) is 5.56 Å². The molecular weight excluding hydrogens is 362 g/mol. The van der Waals surface area contributed by atoms with Crippen LogP contribution < -0.4 is 5.56 Å². The van der Waals surface area contributed by atoms with Crippen LogP contribution >= 0.6 is 50.7 Å². The average molecular weight is 368 g/mol. The predicted molar refractivity (Wildman–Crippen MR) is 76.8 cm³/mol. The van der Waals surface area contributed by atoms with Gasteiger partial charge in [0.25, 0.3) is 5.56 Å². The molecule has 3 nitrogen and oxygen atoms in total. The van der Waals surface area contributed by atoms with Gasteiger partial charge in [0.05, 0.1) is 17.8 Å². The Morgan fingerprint density at radius 2 is 1.94 bits per heavy atom. The second kappa shape index (κ2) is 5.61. The summed E-state index contributed by atoms with van der Waals surface area (Å²) in [5.41, 5.74) is 0.330. The molecule has 0 bridgehead atoms. The van der Waals surface area contributed by atoms with Crippen LogP contribution in [-0.2, 0) is 6.54 Å². The number of nitrogens with zero attached hydrogens (tertiary/aromatic N) is 2. The van der Waals surface area contributed by atoms with Gasteiger partial charge in [-0.25, -0.2) is 4.68 Å². The molecule has 1 heterocycles. The van der Waals surface area contributed by atoms with Crippen LogP contribution in [-0.4, -0.2) is 9.78 Å². The minimum atomic E-state index is -0.442. The van der Waals surface area contributed by atoms with Crippen LogP contribution in [0.25, 0.3) is 0 Å². The van der Waals surface area contributed by atoms with Gasteiger partial charge in [0.2, 0.25) is 0 Å². The molecule has 1 aromatic heterocycles. The summed E-state index contributed by atoms with van der Waals surface area (Å²) in [4.78, 5) is 11.8. The van der Waals surface area contributed by atoms with E-state index in [1.54, 1.807) is 6.07 Å². The molecule has 0 saturated heterocycles. The smallest absolute Gasteiger partial charge is 0.266 e. The Hall–Kier alpha value is -0.550. The predicted octanol–water partition coefficient (Wildman–Crippen LogP) is 4.01. The van der Waals surface area contributed by atoms with Crippen molar-refractivity contribution in [2.75, 3.05) is 0 Å². The molecule has 0 spiro atoms. The van der Waals surface area contributed by atoms with Crippen molar-refractivity contribution < 1.29 is 0 Å². The summed E-state index contributed by atoms with van der Waals surface area (Å²) >= 11 is 20.8. The van der Waals surface area contributed by atoms with Crippen LogP contribution in [0.2, 0.25) is 15.1 Å². The van der Waals surface area contributed by atoms with Crippen LogP contribution in [0, 0.1) is 0 Å². The molecule has 0 aliphatic heterocycles. The van der Waals surface area contributed by atoms with Crippen molar-refractivity contribution in [1.29, 1.82) is 0 Å². The summed E-state index contributed by atoms with van der Waals surface area (Å²) in [7, 11) is 0. The van der Waals surface area contributed by atoms with Crippen LogP contribution in [0.3, 0.4) is 0 Å². The molecule has 0 saturated carbocycles. The van der Waals surface area contributed by atoms with Crippen LogP contribution in [0.4, 0.5) is 0 Å². The van der Waals surface area contributed by atoms with E-state index in [1.165, 1.54) is 10.9 Å². The zero-order valence-corrected chi connectivity index (χ0v) is 12.7. The first-order valence-corrected chi connectivity index (χ1v) is 6.77. The summed E-state index contributed by atoms with van der Waals surface area (Å²) in [5, 5.41) is 4.56. The average Bonchev–Trinajstić information content (AvgIpc) is 2.33. The quantitative estimate of drug-likeness (QED) is 0.803. The van der Waals surface area contributed by atoms with E-state index >= 15 is 0 Å². The van der Waals surface area contributed by atoms with Gasteiger partial charge >= 0.3 is 0 Å². The number of halogens is 4. The molecule has 0 N–H and O–H groups in total. The third-order valence-corrected chi connectivity index (χ3v) is 3.87. The second-order valence-electron chi connectivity index (χ2n) is 3.51. The molecule has 0 amide bonds. The molecule has 2 aromatic rings. The lowest BCUT2D eigenvalue weighted by atomic mass is 10.2. The zero-order valence-electron chi connectivity index (χ0n) is 8.83. The number of aromatic nitrogens is 2. The largest absolute Gasteiger partial charge is 0.287 e. The highest BCUT2D eigenvalue weighted by Gasteiger charge is 2.09. The van der Waals surface area contributed by atoms with E-state index in [2.05, 4.69) is 21.0 Å². The Kier molecular flexibility index (Phi) is 4.33. The first-order valence-electron chi connectivity index (χ1n) is 4.84. The fraction of sp³-hybridized carbons (Fsp3) is 0.0909. The minimum Gasteiger partial charge on any atom is -0.266 e. The van der Waals surface area contributed by atoms with Gasteiger partial charge < -0.3 is 0 Å². The number of benzene rings is 1. The Morgan fingerprint density at radius 3 is 2.61 bits per heavy atom. The third kappa shape index (κ3) is 2.88. The van der Waals surface area contributed by atoms with Crippen molar-refractivity contribution in [3.05, 3.63) is 59.9 Å². The molecule has 0 aliphatic carbocycles. The topological polar surface area (TPSA) is 34.9 Å². The van der Waals surface area contributed by atoms with Gasteiger partial charge in [-0.2, -0.15) is 5.10 Å². The maximum Gasteiger partial charge on any atom is 0.287 e. The lowest BCUT2D eigenvalue weighted by Gasteiger charge is -2.07. The van der Waals surface area contributed by atoms with Crippen LogP contribution in [0.15, 0.2) is 33.7 Å². The Morgan fingerprint density at radius 1 is 1.22 bits per heavy atom.